The lowest BCUT2D eigenvalue weighted by atomic mass is 9.95. The lowest BCUT2D eigenvalue weighted by molar-refractivity contribution is -0.136. The van der Waals surface area contributed by atoms with E-state index in [0.29, 0.717) is 45.0 Å². The van der Waals surface area contributed by atoms with Gasteiger partial charge < -0.3 is 19.5 Å². The first kappa shape index (κ1) is 28.1. The van der Waals surface area contributed by atoms with Gasteiger partial charge in [-0.05, 0) is 74.1 Å². The summed E-state index contributed by atoms with van der Waals surface area (Å²) < 4.78 is 16.2. The van der Waals surface area contributed by atoms with Crippen LogP contribution in [0, 0.1) is 0 Å². The number of hydrogen-bond donors (Lipinski definition) is 2. The van der Waals surface area contributed by atoms with Gasteiger partial charge in [-0.1, -0.05) is 23.7 Å². The SMILES string of the molecule is COC(=O)c1c(NC(=O)C(=O)NN=C(C)c2ccc(OCc3ccc(Cl)cc3)c(OC)c2)sc2c1CCCC2. The summed E-state index contributed by atoms with van der Waals surface area (Å²) in [7, 11) is 2.82. The molecule has 0 saturated carbocycles. The van der Waals surface area contributed by atoms with Gasteiger partial charge in [-0.3, -0.25) is 9.59 Å². The monoisotopic (exact) mass is 569 g/mol. The van der Waals surface area contributed by atoms with Gasteiger partial charge >= 0.3 is 17.8 Å². The number of carbonyl (C=O) groups is 3. The Morgan fingerprint density at radius 3 is 2.46 bits per heavy atom. The summed E-state index contributed by atoms with van der Waals surface area (Å²) in [6.45, 7) is 2.01. The number of rotatable bonds is 8. The molecule has 0 unspecified atom stereocenters. The topological polar surface area (TPSA) is 115 Å². The molecule has 3 aromatic rings. The van der Waals surface area contributed by atoms with Gasteiger partial charge in [0.25, 0.3) is 0 Å². The minimum atomic E-state index is -0.966. The van der Waals surface area contributed by atoms with Crippen LogP contribution in [-0.2, 0) is 33.8 Å². The van der Waals surface area contributed by atoms with Crippen molar-refractivity contribution in [2.45, 2.75) is 39.2 Å². The number of amides is 2. The number of fused-ring (bicyclic) bond motifs is 1. The first-order valence-electron chi connectivity index (χ1n) is 12.2. The first-order chi connectivity index (χ1) is 18.8. The first-order valence-corrected chi connectivity index (χ1v) is 13.4. The zero-order valence-electron chi connectivity index (χ0n) is 21.8. The minimum Gasteiger partial charge on any atom is -0.493 e. The van der Waals surface area contributed by atoms with Crippen molar-refractivity contribution in [3.8, 4) is 11.5 Å². The molecule has 1 aromatic heterocycles. The van der Waals surface area contributed by atoms with E-state index in [1.165, 1.54) is 25.6 Å². The van der Waals surface area contributed by atoms with Crippen LogP contribution in [0.25, 0.3) is 0 Å². The third kappa shape index (κ3) is 6.76. The van der Waals surface area contributed by atoms with Gasteiger partial charge in [0.15, 0.2) is 11.5 Å². The molecule has 0 spiro atoms. The van der Waals surface area contributed by atoms with Crippen molar-refractivity contribution in [3.63, 3.8) is 0 Å². The maximum Gasteiger partial charge on any atom is 0.341 e. The molecule has 11 heteroatoms. The molecule has 1 heterocycles. The van der Waals surface area contributed by atoms with E-state index in [-0.39, 0.29) is 0 Å². The molecule has 1 aliphatic rings. The number of ether oxygens (including phenoxy) is 3. The predicted octanol–water partition coefficient (Wildman–Crippen LogP) is 5.13. The lowest BCUT2D eigenvalue weighted by Gasteiger charge is -2.12. The van der Waals surface area contributed by atoms with Crippen LogP contribution >= 0.6 is 22.9 Å². The number of thiophene rings is 1. The maximum absolute atomic E-state index is 12.6. The molecule has 9 nitrogen and oxygen atoms in total. The van der Waals surface area contributed by atoms with E-state index in [4.69, 9.17) is 25.8 Å². The Labute approximate surface area is 235 Å². The Balaban J connectivity index is 1.41. The van der Waals surface area contributed by atoms with Crippen molar-refractivity contribution < 1.29 is 28.6 Å². The number of carbonyl (C=O) groups excluding carboxylic acids is 3. The molecular weight excluding hydrogens is 542 g/mol. The number of halogens is 1. The fourth-order valence-corrected chi connectivity index (χ4v) is 5.53. The number of benzene rings is 2. The van der Waals surface area contributed by atoms with E-state index < -0.39 is 17.8 Å². The molecule has 0 saturated heterocycles. The van der Waals surface area contributed by atoms with Crippen LogP contribution in [0.1, 0.15) is 51.7 Å². The normalized spacial score (nSPS) is 12.8. The molecule has 4 rings (SSSR count). The van der Waals surface area contributed by atoms with E-state index in [9.17, 15) is 14.4 Å². The highest BCUT2D eigenvalue weighted by atomic mass is 35.5. The summed E-state index contributed by atoms with van der Waals surface area (Å²) in [5.74, 6) is -1.41. The molecule has 39 heavy (non-hydrogen) atoms. The van der Waals surface area contributed by atoms with Crippen molar-refractivity contribution in [2.24, 2.45) is 5.10 Å². The number of anilines is 1. The number of aryl methyl sites for hydroxylation is 1. The van der Waals surface area contributed by atoms with Crippen molar-refractivity contribution in [1.29, 1.82) is 0 Å². The van der Waals surface area contributed by atoms with Gasteiger partial charge in [0.05, 0.1) is 25.5 Å². The van der Waals surface area contributed by atoms with Gasteiger partial charge in [0, 0.05) is 15.5 Å². The smallest absolute Gasteiger partial charge is 0.341 e. The Morgan fingerprint density at radius 2 is 1.74 bits per heavy atom. The molecule has 0 bridgehead atoms. The quantitative estimate of drug-likeness (QED) is 0.168. The van der Waals surface area contributed by atoms with E-state index in [2.05, 4.69) is 15.8 Å². The third-order valence-electron chi connectivity index (χ3n) is 6.21. The second kappa shape index (κ2) is 12.8. The Hall–Kier alpha value is -3.89. The van der Waals surface area contributed by atoms with Crippen LogP contribution in [-0.4, -0.2) is 37.7 Å². The number of nitrogens with zero attached hydrogens (tertiary/aromatic N) is 1. The second-order valence-corrected chi connectivity index (χ2v) is 10.3. The molecule has 204 valence electrons. The molecule has 1 aliphatic carbocycles. The molecule has 2 aromatic carbocycles. The fourth-order valence-electron chi connectivity index (χ4n) is 4.14. The number of esters is 1. The molecule has 0 aliphatic heterocycles. The van der Waals surface area contributed by atoms with Crippen LogP contribution in [0.2, 0.25) is 5.02 Å². The van der Waals surface area contributed by atoms with E-state index in [0.717, 1.165) is 41.7 Å². The largest absolute Gasteiger partial charge is 0.493 e. The van der Waals surface area contributed by atoms with E-state index in [1.807, 2.05) is 12.1 Å². The van der Waals surface area contributed by atoms with Gasteiger partial charge in [-0.15, -0.1) is 11.3 Å². The van der Waals surface area contributed by atoms with Gasteiger partial charge in [-0.2, -0.15) is 5.10 Å². The van der Waals surface area contributed by atoms with Gasteiger partial charge in [0.2, 0.25) is 0 Å². The fraction of sp³-hybridized carbons (Fsp3) is 0.286. The number of methoxy groups -OCH3 is 2. The van der Waals surface area contributed by atoms with Crippen molar-refractivity contribution in [1.82, 2.24) is 5.43 Å². The predicted molar refractivity (Wildman–Crippen MR) is 150 cm³/mol. The highest BCUT2D eigenvalue weighted by Crippen LogP contribution is 2.38. The summed E-state index contributed by atoms with van der Waals surface area (Å²) >= 11 is 7.23. The summed E-state index contributed by atoms with van der Waals surface area (Å²) in [6.07, 6.45) is 3.52. The van der Waals surface area contributed by atoms with Crippen molar-refractivity contribution in [3.05, 3.63) is 74.6 Å². The van der Waals surface area contributed by atoms with Gasteiger partial charge in [0.1, 0.15) is 11.6 Å². The average molecular weight is 570 g/mol. The van der Waals surface area contributed by atoms with Crippen LogP contribution in [0.15, 0.2) is 47.6 Å². The zero-order chi connectivity index (χ0) is 27.9. The van der Waals surface area contributed by atoms with Crippen molar-refractivity contribution in [2.75, 3.05) is 19.5 Å². The third-order valence-corrected chi connectivity index (χ3v) is 7.67. The highest BCUT2D eigenvalue weighted by Gasteiger charge is 2.28. The summed E-state index contributed by atoms with van der Waals surface area (Å²) in [6, 6.07) is 12.6. The van der Waals surface area contributed by atoms with E-state index in [1.54, 1.807) is 37.3 Å². The summed E-state index contributed by atoms with van der Waals surface area (Å²) in [5.41, 5.74) is 5.53. The van der Waals surface area contributed by atoms with Crippen LogP contribution in [0.5, 0.6) is 11.5 Å². The number of nitrogens with one attached hydrogen (secondary N) is 2. The summed E-state index contributed by atoms with van der Waals surface area (Å²) in [4.78, 5) is 38.5. The van der Waals surface area contributed by atoms with E-state index >= 15 is 0 Å². The van der Waals surface area contributed by atoms with Gasteiger partial charge in [-0.25, -0.2) is 10.2 Å². The molecule has 0 atom stereocenters. The molecule has 2 amide bonds. The van der Waals surface area contributed by atoms with Crippen LogP contribution in [0.3, 0.4) is 0 Å². The second-order valence-electron chi connectivity index (χ2n) is 8.78. The molecule has 0 fully saturated rings. The average Bonchev–Trinajstić information content (AvgIpc) is 3.32. The molecule has 2 N–H and O–H groups in total. The van der Waals surface area contributed by atoms with Crippen LogP contribution in [0.4, 0.5) is 5.00 Å². The zero-order valence-corrected chi connectivity index (χ0v) is 23.3. The van der Waals surface area contributed by atoms with Crippen LogP contribution < -0.4 is 20.2 Å². The Morgan fingerprint density at radius 1 is 1.00 bits per heavy atom. The molecular formula is C28H28ClN3O6S. The lowest BCUT2D eigenvalue weighted by Crippen LogP contribution is -2.33. The summed E-state index contributed by atoms with van der Waals surface area (Å²) in [5, 5.41) is 7.58. The minimum absolute atomic E-state index is 0.313. The number of hydrogen-bond acceptors (Lipinski definition) is 8. The van der Waals surface area contributed by atoms with Crippen molar-refractivity contribution >= 4 is 51.4 Å². The Kier molecular flexibility index (Phi) is 9.21. The molecule has 0 radical (unpaired) electrons. The number of hydrazone groups is 1. The Bertz CT molecular complexity index is 1420. The standard InChI is InChI=1S/C28H28ClN3O6S/c1-16(18-10-13-21(22(14-18)36-2)38-15-17-8-11-19(29)12-9-17)31-32-26(34)25(33)30-27-24(28(35)37-3)20-6-4-5-7-23(20)39-27/h8-14H,4-7,15H2,1-3H3,(H,30,33)(H,32,34). The highest BCUT2D eigenvalue weighted by molar-refractivity contribution is 7.17. The maximum atomic E-state index is 12.6.